The summed E-state index contributed by atoms with van der Waals surface area (Å²) in [4.78, 5) is 21.0. The zero-order chi connectivity index (χ0) is 21.6. The van der Waals surface area contributed by atoms with Gasteiger partial charge < -0.3 is 9.32 Å². The molecule has 7 nitrogen and oxygen atoms in total. The number of carbonyl (C=O) groups excluding carboxylic acids is 1. The van der Waals surface area contributed by atoms with Gasteiger partial charge in [0.05, 0.1) is 25.0 Å². The first kappa shape index (κ1) is 20.6. The summed E-state index contributed by atoms with van der Waals surface area (Å²) >= 11 is 0. The smallest absolute Gasteiger partial charge is 0.241 e. The zero-order valence-corrected chi connectivity index (χ0v) is 17.6. The van der Waals surface area contributed by atoms with Crippen LogP contribution in [0.3, 0.4) is 0 Å². The van der Waals surface area contributed by atoms with E-state index in [1.165, 1.54) is 6.33 Å². The Morgan fingerprint density at radius 2 is 1.84 bits per heavy atom. The highest BCUT2D eigenvalue weighted by molar-refractivity contribution is 5.94. The number of amides is 1. The van der Waals surface area contributed by atoms with E-state index in [4.69, 9.17) is 4.42 Å². The summed E-state index contributed by atoms with van der Waals surface area (Å²) in [6.45, 7) is 2.77. The van der Waals surface area contributed by atoms with Crippen molar-refractivity contribution in [2.75, 3.05) is 18.5 Å². The molecular weight excluding hydrogens is 390 g/mol. The Bertz CT molecular complexity index is 1080. The molecule has 0 N–H and O–H groups in total. The lowest BCUT2D eigenvalue weighted by Crippen LogP contribution is -2.39. The number of para-hydroxylation sites is 1. The van der Waals surface area contributed by atoms with Gasteiger partial charge >= 0.3 is 0 Å². The molecule has 0 radical (unpaired) electrons. The molecule has 0 saturated heterocycles. The average Bonchev–Trinajstić information content (AvgIpc) is 3.52. The third-order valence-electron chi connectivity index (χ3n) is 5.37. The molecule has 1 atom stereocenters. The van der Waals surface area contributed by atoms with Crippen LogP contribution >= 0.6 is 0 Å². The number of likely N-dealkylation sites (N-methyl/N-ethyl adjacent to an activating group) is 1. The van der Waals surface area contributed by atoms with Gasteiger partial charge in [0, 0.05) is 11.7 Å². The van der Waals surface area contributed by atoms with Crippen LogP contribution in [0.25, 0.3) is 5.69 Å². The molecule has 0 saturated carbocycles. The summed E-state index contributed by atoms with van der Waals surface area (Å²) in [5, 5.41) is 4.15. The van der Waals surface area contributed by atoms with Crippen molar-refractivity contribution in [2.45, 2.75) is 19.5 Å². The maximum Gasteiger partial charge on any atom is 0.241 e. The van der Waals surface area contributed by atoms with Crippen molar-refractivity contribution in [1.82, 2.24) is 19.7 Å². The summed E-state index contributed by atoms with van der Waals surface area (Å²) in [5.41, 5.74) is 2.92. The highest BCUT2D eigenvalue weighted by Crippen LogP contribution is 2.22. The summed E-state index contributed by atoms with van der Waals surface area (Å²) < 4.78 is 7.20. The normalized spacial score (nSPS) is 12.1. The number of hydrogen-bond donors (Lipinski definition) is 0. The van der Waals surface area contributed by atoms with Gasteiger partial charge in [0.1, 0.15) is 18.4 Å². The number of furan rings is 1. The zero-order valence-electron chi connectivity index (χ0n) is 17.6. The van der Waals surface area contributed by atoms with Crippen LogP contribution < -0.4 is 4.90 Å². The van der Waals surface area contributed by atoms with Crippen LogP contribution in [0.4, 0.5) is 5.69 Å². The molecule has 0 bridgehead atoms. The molecule has 2 aromatic carbocycles. The maximum absolute atomic E-state index is 13.2. The Balaban J connectivity index is 1.46. The Hall–Kier alpha value is -3.71. The number of hydrogen-bond acceptors (Lipinski definition) is 5. The lowest BCUT2D eigenvalue weighted by molar-refractivity contribution is -0.120. The van der Waals surface area contributed by atoms with Gasteiger partial charge in [-0.15, -0.1) is 0 Å². The minimum Gasteiger partial charge on any atom is -0.467 e. The van der Waals surface area contributed by atoms with Crippen LogP contribution in [0.15, 0.2) is 90.1 Å². The second-order valence-corrected chi connectivity index (χ2v) is 7.42. The number of anilines is 1. The molecule has 7 heteroatoms. The SMILES string of the molecule is CC(c1ccc(-n2cncn2)cc1)N(C)CC(=O)N(Cc1ccco1)c1ccccc1. The van der Waals surface area contributed by atoms with Gasteiger partial charge in [-0.05, 0) is 55.9 Å². The predicted molar refractivity (Wildman–Crippen MR) is 119 cm³/mol. The van der Waals surface area contributed by atoms with E-state index in [9.17, 15) is 4.79 Å². The van der Waals surface area contributed by atoms with E-state index in [1.54, 1.807) is 22.2 Å². The van der Waals surface area contributed by atoms with Crippen LogP contribution in [-0.4, -0.2) is 39.2 Å². The van der Waals surface area contributed by atoms with E-state index >= 15 is 0 Å². The van der Waals surface area contributed by atoms with E-state index in [1.807, 2.05) is 66.5 Å². The summed E-state index contributed by atoms with van der Waals surface area (Å²) in [7, 11) is 1.96. The van der Waals surface area contributed by atoms with Crippen molar-refractivity contribution in [3.63, 3.8) is 0 Å². The van der Waals surface area contributed by atoms with Crippen molar-refractivity contribution in [2.24, 2.45) is 0 Å². The van der Waals surface area contributed by atoms with Crippen molar-refractivity contribution in [3.8, 4) is 5.69 Å². The van der Waals surface area contributed by atoms with E-state index in [0.29, 0.717) is 6.54 Å². The highest BCUT2D eigenvalue weighted by atomic mass is 16.3. The third-order valence-corrected chi connectivity index (χ3v) is 5.37. The maximum atomic E-state index is 13.2. The molecule has 1 amide bonds. The fourth-order valence-electron chi connectivity index (χ4n) is 3.43. The average molecular weight is 415 g/mol. The Kier molecular flexibility index (Phi) is 6.24. The Morgan fingerprint density at radius 3 is 2.48 bits per heavy atom. The number of carbonyl (C=O) groups is 1. The van der Waals surface area contributed by atoms with Crippen molar-refractivity contribution >= 4 is 11.6 Å². The second-order valence-electron chi connectivity index (χ2n) is 7.42. The largest absolute Gasteiger partial charge is 0.467 e. The Morgan fingerprint density at radius 1 is 1.06 bits per heavy atom. The molecule has 2 heterocycles. The predicted octanol–water partition coefficient (Wildman–Crippen LogP) is 4.09. The molecule has 0 aliphatic heterocycles. The van der Waals surface area contributed by atoms with Gasteiger partial charge in [-0.1, -0.05) is 30.3 Å². The van der Waals surface area contributed by atoms with Gasteiger partial charge in [-0.3, -0.25) is 9.69 Å². The molecule has 0 aliphatic rings. The molecule has 1 unspecified atom stereocenters. The Labute approximate surface area is 181 Å². The topological polar surface area (TPSA) is 67.4 Å². The van der Waals surface area contributed by atoms with Crippen molar-refractivity contribution in [3.05, 3.63) is 97.0 Å². The molecule has 4 aromatic rings. The first-order chi connectivity index (χ1) is 15.1. The quantitative estimate of drug-likeness (QED) is 0.434. The molecule has 4 rings (SSSR count). The molecule has 0 aliphatic carbocycles. The minimum atomic E-state index is 0.0104. The van der Waals surface area contributed by atoms with Crippen molar-refractivity contribution in [1.29, 1.82) is 0 Å². The summed E-state index contributed by atoms with van der Waals surface area (Å²) in [5.74, 6) is 0.757. The fraction of sp³-hybridized carbons (Fsp3) is 0.208. The van der Waals surface area contributed by atoms with Gasteiger partial charge in [-0.2, -0.15) is 5.10 Å². The van der Waals surface area contributed by atoms with E-state index in [-0.39, 0.29) is 18.5 Å². The van der Waals surface area contributed by atoms with Gasteiger partial charge in [0.25, 0.3) is 0 Å². The molecule has 2 aromatic heterocycles. The lowest BCUT2D eigenvalue weighted by atomic mass is 10.1. The molecule has 158 valence electrons. The van der Waals surface area contributed by atoms with Crippen LogP contribution in [0.1, 0.15) is 24.3 Å². The monoisotopic (exact) mass is 415 g/mol. The van der Waals surface area contributed by atoms with Gasteiger partial charge in [-0.25, -0.2) is 9.67 Å². The number of rotatable bonds is 8. The summed E-state index contributed by atoms with van der Waals surface area (Å²) in [6, 6.07) is 21.6. The van der Waals surface area contributed by atoms with Gasteiger partial charge in [0.2, 0.25) is 5.91 Å². The third kappa shape index (κ3) is 4.90. The van der Waals surface area contributed by atoms with Crippen molar-refractivity contribution < 1.29 is 9.21 Å². The fourth-order valence-corrected chi connectivity index (χ4v) is 3.43. The minimum absolute atomic E-state index is 0.0104. The molecule has 0 fully saturated rings. The lowest BCUT2D eigenvalue weighted by Gasteiger charge is -2.28. The number of aromatic nitrogens is 3. The van der Waals surface area contributed by atoms with Crippen LogP contribution in [0.5, 0.6) is 0 Å². The first-order valence-corrected chi connectivity index (χ1v) is 10.1. The van der Waals surface area contributed by atoms with Crippen LogP contribution in [0.2, 0.25) is 0 Å². The van der Waals surface area contributed by atoms with E-state index < -0.39 is 0 Å². The second kappa shape index (κ2) is 9.40. The number of nitrogens with zero attached hydrogens (tertiary/aromatic N) is 5. The van der Waals surface area contributed by atoms with Gasteiger partial charge in [0.15, 0.2) is 0 Å². The number of benzene rings is 2. The molecule has 0 spiro atoms. The van der Waals surface area contributed by atoms with Crippen LogP contribution in [0, 0.1) is 0 Å². The van der Waals surface area contributed by atoms with E-state index in [0.717, 1.165) is 22.7 Å². The van der Waals surface area contributed by atoms with Crippen LogP contribution in [-0.2, 0) is 11.3 Å². The first-order valence-electron chi connectivity index (χ1n) is 10.1. The summed E-state index contributed by atoms with van der Waals surface area (Å²) in [6.07, 6.45) is 4.80. The van der Waals surface area contributed by atoms with E-state index in [2.05, 4.69) is 29.1 Å². The highest BCUT2D eigenvalue weighted by Gasteiger charge is 2.21. The molecule has 31 heavy (non-hydrogen) atoms. The molecular formula is C24H25N5O2. The standard InChI is InChI=1S/C24H25N5O2/c1-19(20-10-12-22(13-11-20)29-18-25-17-26-29)27(2)16-24(30)28(15-23-9-6-14-31-23)21-7-4-3-5-8-21/h3-14,17-19H,15-16H2,1-2H3.